The number of amides is 1. The number of ether oxygens (including phenoxy) is 1. The van der Waals surface area contributed by atoms with Crippen molar-refractivity contribution in [2.75, 3.05) is 17.8 Å². The molecule has 0 aromatic carbocycles. The zero-order valence-corrected chi connectivity index (χ0v) is 12.1. The van der Waals surface area contributed by atoms with Crippen molar-refractivity contribution in [3.05, 3.63) is 30.0 Å². The fourth-order valence-electron chi connectivity index (χ4n) is 1.24. The third kappa shape index (κ3) is 6.15. The zero-order valence-electron chi connectivity index (χ0n) is 10.6. The molecule has 0 radical (unpaired) electrons. The first-order valence-corrected chi connectivity index (χ1v) is 6.85. The summed E-state index contributed by atoms with van der Waals surface area (Å²) in [6.45, 7) is 0. The fourth-order valence-corrected chi connectivity index (χ4v) is 1.52. The predicted octanol–water partition coefficient (Wildman–Crippen LogP) is 2.38. The van der Waals surface area contributed by atoms with Crippen LogP contribution < -0.4 is 5.32 Å². The lowest BCUT2D eigenvalue weighted by molar-refractivity contribution is -0.134. The highest BCUT2D eigenvalue weighted by molar-refractivity contribution is 9.09. The van der Waals surface area contributed by atoms with E-state index in [1.54, 1.807) is 24.4 Å². The van der Waals surface area contributed by atoms with Crippen LogP contribution in [0.2, 0.25) is 0 Å². The third-order valence-corrected chi connectivity index (χ3v) is 2.77. The smallest absolute Gasteiger partial charge is 0.330 e. The van der Waals surface area contributed by atoms with Gasteiger partial charge >= 0.3 is 5.97 Å². The van der Waals surface area contributed by atoms with Crippen molar-refractivity contribution in [1.82, 2.24) is 4.98 Å². The fraction of sp³-hybridized carbons (Fsp3) is 0.308. The number of hydrogen-bond acceptors (Lipinski definition) is 4. The van der Waals surface area contributed by atoms with Gasteiger partial charge in [0, 0.05) is 24.0 Å². The molecule has 0 bridgehead atoms. The largest absolute Gasteiger partial charge is 0.466 e. The molecule has 0 aliphatic carbocycles. The minimum Gasteiger partial charge on any atom is -0.466 e. The molecular formula is C13H15BrN2O3. The normalized spacial score (nSPS) is 10.4. The van der Waals surface area contributed by atoms with E-state index in [1.807, 2.05) is 0 Å². The molecular weight excluding hydrogens is 312 g/mol. The molecule has 1 amide bonds. The van der Waals surface area contributed by atoms with Gasteiger partial charge in [-0.3, -0.25) is 4.79 Å². The van der Waals surface area contributed by atoms with Crippen molar-refractivity contribution in [1.29, 1.82) is 0 Å². The van der Waals surface area contributed by atoms with Gasteiger partial charge in [-0.05, 0) is 30.2 Å². The summed E-state index contributed by atoms with van der Waals surface area (Å²) >= 11 is 3.27. The summed E-state index contributed by atoms with van der Waals surface area (Å²) in [7, 11) is 1.32. The highest BCUT2D eigenvalue weighted by atomic mass is 79.9. The number of halogens is 1. The number of carbonyl (C=O) groups excluding carboxylic acids is 2. The molecule has 1 rings (SSSR count). The number of nitrogens with zero attached hydrogens (tertiary/aromatic N) is 1. The summed E-state index contributed by atoms with van der Waals surface area (Å²) in [5, 5.41) is 3.49. The maximum absolute atomic E-state index is 11.5. The second kappa shape index (κ2) is 8.42. The number of pyridine rings is 1. The minimum atomic E-state index is -0.424. The van der Waals surface area contributed by atoms with Crippen LogP contribution in [0.5, 0.6) is 0 Å². The Kier molecular flexibility index (Phi) is 6.81. The second-order valence-corrected chi connectivity index (χ2v) is 4.47. The molecule has 0 atom stereocenters. The summed E-state index contributed by atoms with van der Waals surface area (Å²) in [6.07, 6.45) is 5.71. The average Bonchev–Trinajstić information content (AvgIpc) is 2.44. The lowest BCUT2D eigenvalue weighted by Gasteiger charge is -2.03. The molecule has 0 spiro atoms. The molecule has 0 saturated heterocycles. The van der Waals surface area contributed by atoms with Gasteiger partial charge in [-0.2, -0.15) is 0 Å². The van der Waals surface area contributed by atoms with Crippen LogP contribution in [0.3, 0.4) is 0 Å². The molecule has 102 valence electrons. The van der Waals surface area contributed by atoms with E-state index >= 15 is 0 Å². The molecule has 0 aliphatic heterocycles. The van der Waals surface area contributed by atoms with Crippen LogP contribution in [0.4, 0.5) is 5.82 Å². The number of carbonyl (C=O) groups is 2. The Morgan fingerprint density at radius 1 is 1.47 bits per heavy atom. The maximum Gasteiger partial charge on any atom is 0.330 e. The Bertz CT molecular complexity index is 457. The molecule has 1 heterocycles. The van der Waals surface area contributed by atoms with E-state index in [1.165, 1.54) is 13.2 Å². The Labute approximate surface area is 120 Å². The summed E-state index contributed by atoms with van der Waals surface area (Å²) in [4.78, 5) is 26.5. The predicted molar refractivity (Wildman–Crippen MR) is 76.9 cm³/mol. The number of nitrogens with one attached hydrogen (secondary N) is 1. The highest BCUT2D eigenvalue weighted by Gasteiger charge is 2.02. The Hall–Kier alpha value is -1.69. The number of aromatic nitrogens is 1. The van der Waals surface area contributed by atoms with E-state index < -0.39 is 5.97 Å². The lowest BCUT2D eigenvalue weighted by atomic mass is 10.2. The van der Waals surface area contributed by atoms with Gasteiger partial charge in [0.2, 0.25) is 5.91 Å². The standard InChI is InChI=1S/C13H15BrN2O3/c1-19-13(18)7-5-10-4-6-11(15-9-10)16-12(17)3-2-8-14/h4-7,9H,2-3,8H2,1H3,(H,15,16,17). The van der Waals surface area contributed by atoms with E-state index in [4.69, 9.17) is 0 Å². The quantitative estimate of drug-likeness (QED) is 0.495. The molecule has 0 fully saturated rings. The number of rotatable bonds is 6. The van der Waals surface area contributed by atoms with Crippen LogP contribution in [0.25, 0.3) is 6.08 Å². The van der Waals surface area contributed by atoms with Crippen LogP contribution in [0, 0.1) is 0 Å². The highest BCUT2D eigenvalue weighted by Crippen LogP contribution is 2.07. The third-order valence-electron chi connectivity index (χ3n) is 2.20. The average molecular weight is 327 g/mol. The SMILES string of the molecule is COC(=O)C=Cc1ccc(NC(=O)CCCBr)nc1. The Morgan fingerprint density at radius 2 is 2.26 bits per heavy atom. The maximum atomic E-state index is 11.5. The van der Waals surface area contributed by atoms with Gasteiger partial charge in [-0.15, -0.1) is 0 Å². The molecule has 19 heavy (non-hydrogen) atoms. The molecule has 0 saturated carbocycles. The summed E-state index contributed by atoms with van der Waals surface area (Å²) in [5.41, 5.74) is 0.754. The second-order valence-electron chi connectivity index (χ2n) is 3.67. The van der Waals surface area contributed by atoms with Crippen molar-refractivity contribution in [2.24, 2.45) is 0 Å². The molecule has 0 aliphatic rings. The van der Waals surface area contributed by atoms with E-state index in [0.29, 0.717) is 12.2 Å². The van der Waals surface area contributed by atoms with Crippen molar-refractivity contribution < 1.29 is 14.3 Å². The zero-order chi connectivity index (χ0) is 14.1. The number of anilines is 1. The van der Waals surface area contributed by atoms with Crippen LogP contribution in [0.15, 0.2) is 24.4 Å². The number of esters is 1. The first kappa shape index (κ1) is 15.4. The monoisotopic (exact) mass is 326 g/mol. The van der Waals surface area contributed by atoms with E-state index in [9.17, 15) is 9.59 Å². The van der Waals surface area contributed by atoms with Gasteiger partial charge in [0.15, 0.2) is 0 Å². The minimum absolute atomic E-state index is 0.0650. The number of methoxy groups -OCH3 is 1. The first-order valence-electron chi connectivity index (χ1n) is 5.73. The van der Waals surface area contributed by atoms with Gasteiger partial charge in [0.1, 0.15) is 5.82 Å². The van der Waals surface area contributed by atoms with Gasteiger partial charge in [0.05, 0.1) is 7.11 Å². The number of hydrogen-bond donors (Lipinski definition) is 1. The Morgan fingerprint density at radius 3 is 2.84 bits per heavy atom. The Balaban J connectivity index is 2.54. The molecule has 1 aromatic heterocycles. The van der Waals surface area contributed by atoms with Crippen molar-refractivity contribution in [3.63, 3.8) is 0 Å². The van der Waals surface area contributed by atoms with E-state index in [2.05, 4.69) is 31.0 Å². The van der Waals surface area contributed by atoms with Gasteiger partial charge < -0.3 is 10.1 Å². The molecule has 6 heteroatoms. The summed E-state index contributed by atoms with van der Waals surface area (Å²) < 4.78 is 4.48. The van der Waals surface area contributed by atoms with Crippen molar-refractivity contribution in [3.8, 4) is 0 Å². The summed E-state index contributed by atoms with van der Waals surface area (Å²) in [6, 6.07) is 3.44. The van der Waals surface area contributed by atoms with E-state index in [0.717, 1.165) is 17.3 Å². The number of alkyl halides is 1. The van der Waals surface area contributed by atoms with Crippen molar-refractivity contribution >= 4 is 39.7 Å². The molecule has 5 nitrogen and oxygen atoms in total. The van der Waals surface area contributed by atoms with Crippen LogP contribution in [0.1, 0.15) is 18.4 Å². The molecule has 0 unspecified atom stereocenters. The molecule has 1 aromatic rings. The molecule has 1 N–H and O–H groups in total. The van der Waals surface area contributed by atoms with Crippen molar-refractivity contribution in [2.45, 2.75) is 12.8 Å². The summed E-state index contributed by atoms with van der Waals surface area (Å²) in [5.74, 6) is 0.00625. The lowest BCUT2D eigenvalue weighted by Crippen LogP contribution is -2.12. The van der Waals surface area contributed by atoms with Gasteiger partial charge in [-0.25, -0.2) is 9.78 Å². The van der Waals surface area contributed by atoms with Gasteiger partial charge in [-0.1, -0.05) is 15.9 Å². The van der Waals surface area contributed by atoms with Crippen LogP contribution in [-0.2, 0) is 14.3 Å². The van der Waals surface area contributed by atoms with Crippen LogP contribution in [-0.4, -0.2) is 29.3 Å². The topological polar surface area (TPSA) is 68.3 Å². The van der Waals surface area contributed by atoms with Gasteiger partial charge in [0.25, 0.3) is 0 Å². The van der Waals surface area contributed by atoms with Crippen LogP contribution >= 0.6 is 15.9 Å². The van der Waals surface area contributed by atoms with E-state index in [-0.39, 0.29) is 5.91 Å². The first-order chi connectivity index (χ1) is 9.15.